The third kappa shape index (κ3) is 2.50. The average Bonchev–Trinajstić information content (AvgIpc) is 1.67. The topological polar surface area (TPSA) is 40.5 Å². The first kappa shape index (κ1) is 7.34. The summed E-state index contributed by atoms with van der Waals surface area (Å²) >= 11 is 0. The van der Waals surface area contributed by atoms with E-state index in [2.05, 4.69) is 0 Å². The van der Waals surface area contributed by atoms with E-state index in [-0.39, 0.29) is 11.5 Å². The Kier molecular flexibility index (Phi) is 3.08. The molecule has 2 nitrogen and oxygen atoms in total. The van der Waals surface area contributed by atoms with Gasteiger partial charge in [-0.05, 0) is 13.3 Å². The lowest BCUT2D eigenvalue weighted by Crippen LogP contribution is -1.84. The van der Waals surface area contributed by atoms with Gasteiger partial charge in [-0.15, -0.1) is 0 Å². The Morgan fingerprint density at radius 1 is 1.38 bits per heavy atom. The van der Waals surface area contributed by atoms with Crippen LogP contribution in [0.15, 0.2) is 11.5 Å². The van der Waals surface area contributed by atoms with Crippen LogP contribution in [-0.4, -0.2) is 10.2 Å². The molecule has 0 aliphatic rings. The van der Waals surface area contributed by atoms with Gasteiger partial charge < -0.3 is 10.2 Å². The molecule has 0 heterocycles. The van der Waals surface area contributed by atoms with E-state index < -0.39 is 0 Å². The number of aliphatic hydroxyl groups excluding tert-OH is 2. The van der Waals surface area contributed by atoms with Gasteiger partial charge in [-0.25, -0.2) is 0 Å². The SMILES string of the molecule is CCCC(O)=C(C)O. The van der Waals surface area contributed by atoms with E-state index in [0.29, 0.717) is 6.42 Å². The lowest BCUT2D eigenvalue weighted by molar-refractivity contribution is 0.312. The van der Waals surface area contributed by atoms with Gasteiger partial charge in [0.05, 0.1) is 0 Å². The van der Waals surface area contributed by atoms with E-state index in [1.807, 2.05) is 6.92 Å². The summed E-state index contributed by atoms with van der Waals surface area (Å²) in [7, 11) is 0. The van der Waals surface area contributed by atoms with E-state index in [4.69, 9.17) is 10.2 Å². The van der Waals surface area contributed by atoms with Crippen molar-refractivity contribution in [2.75, 3.05) is 0 Å². The Morgan fingerprint density at radius 2 is 1.88 bits per heavy atom. The molecule has 0 aliphatic heterocycles. The van der Waals surface area contributed by atoms with Crippen LogP contribution in [0.5, 0.6) is 0 Å². The Balaban J connectivity index is 3.62. The zero-order chi connectivity index (χ0) is 6.57. The van der Waals surface area contributed by atoms with Gasteiger partial charge in [0.15, 0.2) is 0 Å². The maximum absolute atomic E-state index is 8.76. The molecule has 48 valence electrons. The van der Waals surface area contributed by atoms with Crippen LogP contribution in [0, 0.1) is 0 Å². The maximum atomic E-state index is 8.76. The molecule has 0 radical (unpaired) electrons. The molecule has 0 atom stereocenters. The quantitative estimate of drug-likeness (QED) is 0.542. The fourth-order valence-electron chi connectivity index (χ4n) is 0.418. The van der Waals surface area contributed by atoms with Crippen molar-refractivity contribution in [2.24, 2.45) is 0 Å². The molecule has 0 fully saturated rings. The Morgan fingerprint density at radius 3 is 2.00 bits per heavy atom. The van der Waals surface area contributed by atoms with Crippen LogP contribution in [0.4, 0.5) is 0 Å². The number of aliphatic hydroxyl groups is 2. The minimum absolute atomic E-state index is 0.0341. The standard InChI is InChI=1S/C6H12O2/c1-3-4-6(8)5(2)7/h7-8H,3-4H2,1-2H3. The summed E-state index contributed by atoms with van der Waals surface area (Å²) in [5.41, 5.74) is 0. The molecule has 2 heteroatoms. The van der Waals surface area contributed by atoms with E-state index in [9.17, 15) is 0 Å². The molecule has 0 spiro atoms. The Bertz CT molecular complexity index is 90.7. The maximum Gasteiger partial charge on any atom is 0.129 e. The van der Waals surface area contributed by atoms with E-state index in [1.165, 1.54) is 6.92 Å². The van der Waals surface area contributed by atoms with Crippen LogP contribution in [0.1, 0.15) is 26.7 Å². The normalized spacial score (nSPS) is 13.2. The molecule has 8 heavy (non-hydrogen) atoms. The van der Waals surface area contributed by atoms with E-state index in [0.717, 1.165) is 6.42 Å². The number of hydrogen-bond donors (Lipinski definition) is 2. The van der Waals surface area contributed by atoms with Gasteiger partial charge in [-0.3, -0.25) is 0 Å². The molecule has 0 aromatic rings. The van der Waals surface area contributed by atoms with Crippen LogP contribution in [0.3, 0.4) is 0 Å². The summed E-state index contributed by atoms with van der Waals surface area (Å²) in [4.78, 5) is 0. The van der Waals surface area contributed by atoms with Crippen LogP contribution < -0.4 is 0 Å². The van der Waals surface area contributed by atoms with Crippen LogP contribution in [-0.2, 0) is 0 Å². The molecule has 2 N–H and O–H groups in total. The first-order chi connectivity index (χ1) is 3.68. The molecule has 0 aromatic carbocycles. The minimum atomic E-state index is 0.0341. The minimum Gasteiger partial charge on any atom is -0.509 e. The predicted octanol–water partition coefficient (Wildman–Crippen LogP) is 2.13. The van der Waals surface area contributed by atoms with Crippen molar-refractivity contribution in [2.45, 2.75) is 26.7 Å². The van der Waals surface area contributed by atoms with Gasteiger partial charge >= 0.3 is 0 Å². The van der Waals surface area contributed by atoms with Crippen molar-refractivity contribution in [1.29, 1.82) is 0 Å². The van der Waals surface area contributed by atoms with Gasteiger partial charge in [-0.2, -0.15) is 0 Å². The highest BCUT2D eigenvalue weighted by Crippen LogP contribution is 2.03. The molecule has 0 rings (SSSR count). The Hall–Kier alpha value is -0.660. The highest BCUT2D eigenvalue weighted by molar-refractivity contribution is 4.93. The van der Waals surface area contributed by atoms with Gasteiger partial charge in [0.2, 0.25) is 0 Å². The molecular formula is C6H12O2. The van der Waals surface area contributed by atoms with Crippen LogP contribution in [0.2, 0.25) is 0 Å². The second-order valence-electron chi connectivity index (χ2n) is 1.78. The molecule has 0 bridgehead atoms. The van der Waals surface area contributed by atoms with Gasteiger partial charge in [0, 0.05) is 6.42 Å². The molecule has 0 saturated carbocycles. The summed E-state index contributed by atoms with van der Waals surface area (Å²) in [6.45, 7) is 3.42. The number of rotatable bonds is 2. The fraction of sp³-hybridized carbons (Fsp3) is 0.667. The molecular weight excluding hydrogens is 104 g/mol. The third-order valence-electron chi connectivity index (χ3n) is 0.904. The summed E-state index contributed by atoms with van der Waals surface area (Å²) in [6.07, 6.45) is 1.44. The molecule has 0 aliphatic carbocycles. The first-order valence-corrected chi connectivity index (χ1v) is 2.76. The van der Waals surface area contributed by atoms with Crippen molar-refractivity contribution in [1.82, 2.24) is 0 Å². The summed E-state index contributed by atoms with van der Waals surface area (Å²) < 4.78 is 0. The van der Waals surface area contributed by atoms with Gasteiger partial charge in [0.25, 0.3) is 0 Å². The predicted molar refractivity (Wildman–Crippen MR) is 32.9 cm³/mol. The second kappa shape index (κ2) is 3.36. The Labute approximate surface area is 49.5 Å². The highest BCUT2D eigenvalue weighted by atomic mass is 16.3. The average molecular weight is 116 g/mol. The van der Waals surface area contributed by atoms with Crippen molar-refractivity contribution in [3.8, 4) is 0 Å². The van der Waals surface area contributed by atoms with Crippen molar-refractivity contribution in [3.05, 3.63) is 11.5 Å². The summed E-state index contributed by atoms with van der Waals surface area (Å²) in [5, 5.41) is 17.3. The van der Waals surface area contributed by atoms with Gasteiger partial charge in [-0.1, -0.05) is 6.92 Å². The molecule has 0 unspecified atom stereocenters. The van der Waals surface area contributed by atoms with Crippen molar-refractivity contribution in [3.63, 3.8) is 0 Å². The highest BCUT2D eigenvalue weighted by Gasteiger charge is 1.93. The summed E-state index contributed by atoms with van der Waals surface area (Å²) in [5.74, 6) is 0.138. The smallest absolute Gasteiger partial charge is 0.129 e. The van der Waals surface area contributed by atoms with E-state index >= 15 is 0 Å². The summed E-state index contributed by atoms with van der Waals surface area (Å²) in [6, 6.07) is 0. The van der Waals surface area contributed by atoms with Crippen LogP contribution in [0.25, 0.3) is 0 Å². The first-order valence-electron chi connectivity index (χ1n) is 2.76. The zero-order valence-electron chi connectivity index (χ0n) is 5.31. The second-order valence-corrected chi connectivity index (χ2v) is 1.78. The number of allylic oxidation sites excluding steroid dienone is 2. The lowest BCUT2D eigenvalue weighted by Gasteiger charge is -1.95. The molecule has 0 amide bonds. The fourth-order valence-corrected chi connectivity index (χ4v) is 0.418. The van der Waals surface area contributed by atoms with E-state index in [1.54, 1.807) is 0 Å². The monoisotopic (exact) mass is 116 g/mol. The van der Waals surface area contributed by atoms with Gasteiger partial charge in [0.1, 0.15) is 11.5 Å². The van der Waals surface area contributed by atoms with Crippen LogP contribution >= 0.6 is 0 Å². The van der Waals surface area contributed by atoms with Crippen molar-refractivity contribution >= 4 is 0 Å². The zero-order valence-corrected chi connectivity index (χ0v) is 5.31. The lowest BCUT2D eigenvalue weighted by atomic mass is 10.3. The largest absolute Gasteiger partial charge is 0.509 e. The van der Waals surface area contributed by atoms with Crippen molar-refractivity contribution < 1.29 is 10.2 Å². The molecule has 0 saturated heterocycles. The number of hydrogen-bond acceptors (Lipinski definition) is 2. The molecule has 0 aromatic heterocycles. The third-order valence-corrected chi connectivity index (χ3v) is 0.904.